The smallest absolute Gasteiger partial charge is 0.119 e. The van der Waals surface area contributed by atoms with E-state index in [-0.39, 0.29) is 6.61 Å². The standard InChI is InChI=1S/C14H20ClNO3/c15-11-1-3-14(4-2-11)19-10-13(17)9-16-12-5-7-18-8-6-12/h1-4,12-13,16-17H,5-10H2. The lowest BCUT2D eigenvalue weighted by molar-refractivity contribution is 0.0655. The summed E-state index contributed by atoms with van der Waals surface area (Å²) in [6.45, 7) is 2.42. The number of aliphatic hydroxyl groups is 1. The Kier molecular flexibility index (Phi) is 5.92. The normalized spacial score (nSPS) is 18.2. The first-order valence-corrected chi connectivity index (χ1v) is 6.99. The lowest BCUT2D eigenvalue weighted by atomic mass is 10.1. The van der Waals surface area contributed by atoms with Gasteiger partial charge in [-0.1, -0.05) is 11.6 Å². The molecule has 2 rings (SSSR count). The molecule has 0 aromatic heterocycles. The Morgan fingerprint density at radius 3 is 2.68 bits per heavy atom. The molecule has 0 radical (unpaired) electrons. The van der Waals surface area contributed by atoms with Crippen LogP contribution in [0.25, 0.3) is 0 Å². The molecular weight excluding hydrogens is 266 g/mol. The van der Waals surface area contributed by atoms with Gasteiger partial charge in [0, 0.05) is 30.8 Å². The molecule has 1 fully saturated rings. The highest BCUT2D eigenvalue weighted by Gasteiger charge is 2.14. The topological polar surface area (TPSA) is 50.7 Å². The first kappa shape index (κ1) is 14.6. The maximum atomic E-state index is 9.85. The molecule has 106 valence electrons. The third-order valence-electron chi connectivity index (χ3n) is 3.12. The second kappa shape index (κ2) is 7.70. The second-order valence-corrected chi connectivity index (χ2v) is 5.15. The Labute approximate surface area is 118 Å². The van der Waals surface area contributed by atoms with Crippen molar-refractivity contribution in [3.63, 3.8) is 0 Å². The van der Waals surface area contributed by atoms with Crippen LogP contribution in [0.2, 0.25) is 5.02 Å². The van der Waals surface area contributed by atoms with Gasteiger partial charge in [-0.25, -0.2) is 0 Å². The second-order valence-electron chi connectivity index (χ2n) is 4.71. The summed E-state index contributed by atoms with van der Waals surface area (Å²) in [5.41, 5.74) is 0. The molecule has 0 aliphatic carbocycles. The Balaban J connectivity index is 1.63. The van der Waals surface area contributed by atoms with Crippen molar-refractivity contribution in [1.29, 1.82) is 0 Å². The van der Waals surface area contributed by atoms with Crippen molar-refractivity contribution in [3.8, 4) is 5.75 Å². The first-order valence-electron chi connectivity index (χ1n) is 6.61. The van der Waals surface area contributed by atoms with Crippen molar-refractivity contribution in [1.82, 2.24) is 5.32 Å². The van der Waals surface area contributed by atoms with Crippen LogP contribution in [0.1, 0.15) is 12.8 Å². The highest BCUT2D eigenvalue weighted by Crippen LogP contribution is 2.15. The van der Waals surface area contributed by atoms with Crippen LogP contribution in [-0.2, 0) is 4.74 Å². The van der Waals surface area contributed by atoms with Gasteiger partial charge in [0.25, 0.3) is 0 Å². The van der Waals surface area contributed by atoms with E-state index < -0.39 is 6.10 Å². The highest BCUT2D eigenvalue weighted by atomic mass is 35.5. The summed E-state index contributed by atoms with van der Waals surface area (Å²) in [5, 5.41) is 13.9. The van der Waals surface area contributed by atoms with Gasteiger partial charge in [-0.2, -0.15) is 0 Å². The van der Waals surface area contributed by atoms with Crippen LogP contribution < -0.4 is 10.1 Å². The maximum absolute atomic E-state index is 9.85. The zero-order chi connectivity index (χ0) is 13.5. The minimum absolute atomic E-state index is 0.276. The molecule has 1 aromatic carbocycles. The molecule has 4 nitrogen and oxygen atoms in total. The van der Waals surface area contributed by atoms with Crippen LogP contribution in [0.5, 0.6) is 5.75 Å². The van der Waals surface area contributed by atoms with Gasteiger partial charge in [0.1, 0.15) is 18.5 Å². The van der Waals surface area contributed by atoms with Crippen LogP contribution in [0, 0.1) is 0 Å². The molecule has 19 heavy (non-hydrogen) atoms. The first-order chi connectivity index (χ1) is 9.24. The van der Waals surface area contributed by atoms with Crippen molar-refractivity contribution in [2.75, 3.05) is 26.4 Å². The Bertz CT molecular complexity index is 365. The fourth-order valence-electron chi connectivity index (χ4n) is 1.99. The number of aliphatic hydroxyl groups excluding tert-OH is 1. The van der Waals surface area contributed by atoms with Gasteiger partial charge in [-0.05, 0) is 37.1 Å². The third-order valence-corrected chi connectivity index (χ3v) is 3.37. The largest absolute Gasteiger partial charge is 0.491 e. The summed E-state index contributed by atoms with van der Waals surface area (Å²) in [5.74, 6) is 0.717. The molecule has 5 heteroatoms. The highest BCUT2D eigenvalue weighted by molar-refractivity contribution is 6.30. The number of hydrogen-bond donors (Lipinski definition) is 2. The summed E-state index contributed by atoms with van der Waals surface area (Å²) in [6.07, 6.45) is 1.49. The average Bonchev–Trinajstić information content (AvgIpc) is 2.45. The van der Waals surface area contributed by atoms with Crippen molar-refractivity contribution in [2.45, 2.75) is 25.0 Å². The molecule has 1 atom stereocenters. The van der Waals surface area contributed by atoms with Crippen molar-refractivity contribution >= 4 is 11.6 Å². The van der Waals surface area contributed by atoms with Crippen LogP contribution in [-0.4, -0.2) is 43.6 Å². The summed E-state index contributed by atoms with van der Waals surface area (Å²) in [6, 6.07) is 7.56. The van der Waals surface area contributed by atoms with E-state index >= 15 is 0 Å². The van der Waals surface area contributed by atoms with E-state index in [1.54, 1.807) is 24.3 Å². The summed E-state index contributed by atoms with van der Waals surface area (Å²) >= 11 is 5.78. The lowest BCUT2D eigenvalue weighted by Gasteiger charge is -2.24. The molecule has 0 spiro atoms. The SMILES string of the molecule is OC(CNC1CCOCC1)COc1ccc(Cl)cc1. The fourth-order valence-corrected chi connectivity index (χ4v) is 2.11. The van der Waals surface area contributed by atoms with Gasteiger partial charge >= 0.3 is 0 Å². The molecule has 0 amide bonds. The molecular formula is C14H20ClNO3. The molecule has 1 aliphatic heterocycles. The Morgan fingerprint density at radius 1 is 1.32 bits per heavy atom. The molecule has 1 unspecified atom stereocenters. The van der Waals surface area contributed by atoms with Crippen molar-refractivity contribution in [2.24, 2.45) is 0 Å². The minimum atomic E-state index is -0.515. The maximum Gasteiger partial charge on any atom is 0.119 e. The molecule has 1 aliphatic rings. The molecule has 1 aromatic rings. The fraction of sp³-hybridized carbons (Fsp3) is 0.571. The van der Waals surface area contributed by atoms with Gasteiger partial charge < -0.3 is 19.9 Å². The zero-order valence-electron chi connectivity index (χ0n) is 10.8. The Hall–Kier alpha value is -0.810. The van der Waals surface area contributed by atoms with Crippen LogP contribution in [0.4, 0.5) is 0 Å². The molecule has 2 N–H and O–H groups in total. The number of rotatable bonds is 6. The van der Waals surface area contributed by atoms with E-state index in [9.17, 15) is 5.11 Å². The van der Waals surface area contributed by atoms with E-state index in [0.29, 0.717) is 17.6 Å². The van der Waals surface area contributed by atoms with E-state index in [4.69, 9.17) is 21.1 Å². The number of hydrogen-bond acceptors (Lipinski definition) is 4. The Morgan fingerprint density at radius 2 is 2.00 bits per heavy atom. The van der Waals surface area contributed by atoms with Gasteiger partial charge in [-0.15, -0.1) is 0 Å². The lowest BCUT2D eigenvalue weighted by Crippen LogP contribution is -2.40. The van der Waals surface area contributed by atoms with Crippen LogP contribution in [0.15, 0.2) is 24.3 Å². The molecule has 0 bridgehead atoms. The van der Waals surface area contributed by atoms with Gasteiger partial charge in [0.15, 0.2) is 0 Å². The average molecular weight is 286 g/mol. The van der Waals surface area contributed by atoms with Gasteiger partial charge in [0.2, 0.25) is 0 Å². The molecule has 0 saturated carbocycles. The van der Waals surface area contributed by atoms with E-state index in [0.717, 1.165) is 31.8 Å². The van der Waals surface area contributed by atoms with E-state index in [1.165, 1.54) is 0 Å². The third kappa shape index (κ3) is 5.37. The van der Waals surface area contributed by atoms with Crippen LogP contribution in [0.3, 0.4) is 0 Å². The molecule has 1 saturated heterocycles. The van der Waals surface area contributed by atoms with Gasteiger partial charge in [0.05, 0.1) is 0 Å². The van der Waals surface area contributed by atoms with E-state index in [2.05, 4.69) is 5.32 Å². The number of ether oxygens (including phenoxy) is 2. The number of nitrogens with one attached hydrogen (secondary N) is 1. The predicted octanol–water partition coefficient (Wildman–Crippen LogP) is 1.85. The summed E-state index contributed by atoms with van der Waals surface area (Å²) in [4.78, 5) is 0. The van der Waals surface area contributed by atoms with Gasteiger partial charge in [-0.3, -0.25) is 0 Å². The number of halogens is 1. The molecule has 1 heterocycles. The zero-order valence-corrected chi connectivity index (χ0v) is 11.6. The monoisotopic (exact) mass is 285 g/mol. The quantitative estimate of drug-likeness (QED) is 0.837. The van der Waals surface area contributed by atoms with Crippen LogP contribution >= 0.6 is 11.6 Å². The predicted molar refractivity (Wildman–Crippen MR) is 74.8 cm³/mol. The summed E-state index contributed by atoms with van der Waals surface area (Å²) < 4.78 is 10.8. The van der Waals surface area contributed by atoms with Crippen molar-refractivity contribution in [3.05, 3.63) is 29.3 Å². The van der Waals surface area contributed by atoms with E-state index in [1.807, 2.05) is 0 Å². The number of benzene rings is 1. The minimum Gasteiger partial charge on any atom is -0.491 e. The summed E-state index contributed by atoms with van der Waals surface area (Å²) in [7, 11) is 0. The van der Waals surface area contributed by atoms with Crippen molar-refractivity contribution < 1.29 is 14.6 Å².